The Labute approximate surface area is 107 Å². The first-order chi connectivity index (χ1) is 8.19. The molecule has 1 aromatic rings. The van der Waals surface area contributed by atoms with Gasteiger partial charge >= 0.3 is 0 Å². The van der Waals surface area contributed by atoms with Crippen LogP contribution in [0.3, 0.4) is 0 Å². The standard InChI is InChI=1S/C17H28/c1-5-7-9-16(10-8-6-2)17-12-11-14(3)15(4)13-17/h11-13,16H,5-10H2,1-4H3. The summed E-state index contributed by atoms with van der Waals surface area (Å²) in [6.07, 6.45) is 8.07. The summed E-state index contributed by atoms with van der Waals surface area (Å²) in [6, 6.07) is 7.04. The highest BCUT2D eigenvalue weighted by atomic mass is 14.2. The minimum Gasteiger partial charge on any atom is -0.0654 e. The Morgan fingerprint density at radius 1 is 0.882 bits per heavy atom. The number of rotatable bonds is 7. The van der Waals surface area contributed by atoms with Crippen molar-refractivity contribution in [1.82, 2.24) is 0 Å². The van der Waals surface area contributed by atoms with Crippen LogP contribution >= 0.6 is 0 Å². The molecule has 0 saturated carbocycles. The number of unbranched alkanes of at least 4 members (excludes halogenated alkanes) is 2. The van der Waals surface area contributed by atoms with Gasteiger partial charge in [0, 0.05) is 0 Å². The lowest BCUT2D eigenvalue weighted by atomic mass is 9.87. The van der Waals surface area contributed by atoms with Gasteiger partial charge in [0.2, 0.25) is 0 Å². The molecule has 0 aromatic heterocycles. The van der Waals surface area contributed by atoms with Crippen LogP contribution in [0.25, 0.3) is 0 Å². The molecule has 0 fully saturated rings. The molecule has 0 saturated heterocycles. The van der Waals surface area contributed by atoms with Gasteiger partial charge in [-0.1, -0.05) is 57.7 Å². The van der Waals surface area contributed by atoms with Crippen molar-refractivity contribution in [1.29, 1.82) is 0 Å². The van der Waals surface area contributed by atoms with E-state index in [9.17, 15) is 0 Å². The topological polar surface area (TPSA) is 0 Å². The second-order valence-corrected chi connectivity index (χ2v) is 5.33. The van der Waals surface area contributed by atoms with Gasteiger partial charge in [0.05, 0.1) is 0 Å². The highest BCUT2D eigenvalue weighted by molar-refractivity contribution is 5.31. The summed E-state index contributed by atoms with van der Waals surface area (Å²) in [5.74, 6) is 0.786. The van der Waals surface area contributed by atoms with Gasteiger partial charge in [0.25, 0.3) is 0 Å². The molecule has 1 aromatic carbocycles. The lowest BCUT2D eigenvalue weighted by Gasteiger charge is -2.18. The molecule has 0 heterocycles. The van der Waals surface area contributed by atoms with Crippen LogP contribution in [0.1, 0.15) is 75.0 Å². The van der Waals surface area contributed by atoms with Crippen LogP contribution in [0.4, 0.5) is 0 Å². The van der Waals surface area contributed by atoms with Crippen LogP contribution in [-0.2, 0) is 0 Å². The molecule has 0 aliphatic carbocycles. The number of hydrogen-bond acceptors (Lipinski definition) is 0. The van der Waals surface area contributed by atoms with E-state index in [0.717, 1.165) is 5.92 Å². The van der Waals surface area contributed by atoms with Crippen LogP contribution in [0.15, 0.2) is 18.2 Å². The van der Waals surface area contributed by atoms with Crippen molar-refractivity contribution in [3.8, 4) is 0 Å². The fourth-order valence-electron chi connectivity index (χ4n) is 2.40. The third-order valence-electron chi connectivity index (χ3n) is 3.81. The molecule has 0 unspecified atom stereocenters. The van der Waals surface area contributed by atoms with Crippen molar-refractivity contribution in [3.63, 3.8) is 0 Å². The molecule has 0 aliphatic heterocycles. The lowest BCUT2D eigenvalue weighted by Crippen LogP contribution is -2.00. The first-order valence-electron chi connectivity index (χ1n) is 7.26. The zero-order chi connectivity index (χ0) is 12.7. The quantitative estimate of drug-likeness (QED) is 0.560. The highest BCUT2D eigenvalue weighted by Gasteiger charge is 2.11. The Morgan fingerprint density at radius 3 is 1.94 bits per heavy atom. The summed E-state index contributed by atoms with van der Waals surface area (Å²) >= 11 is 0. The van der Waals surface area contributed by atoms with E-state index in [0.29, 0.717) is 0 Å². The fraction of sp³-hybridized carbons (Fsp3) is 0.647. The van der Waals surface area contributed by atoms with E-state index in [1.54, 1.807) is 5.56 Å². The number of aryl methyl sites for hydroxylation is 2. The molecule has 0 aliphatic rings. The van der Waals surface area contributed by atoms with Gasteiger partial charge in [-0.15, -0.1) is 0 Å². The average Bonchev–Trinajstić information content (AvgIpc) is 2.33. The summed E-state index contributed by atoms with van der Waals surface area (Å²) in [6.45, 7) is 9.01. The predicted molar refractivity (Wildman–Crippen MR) is 77.7 cm³/mol. The molecule has 96 valence electrons. The van der Waals surface area contributed by atoms with Crippen LogP contribution in [0, 0.1) is 13.8 Å². The minimum atomic E-state index is 0.786. The zero-order valence-electron chi connectivity index (χ0n) is 12.1. The van der Waals surface area contributed by atoms with Crippen LogP contribution in [0.2, 0.25) is 0 Å². The Kier molecular flexibility index (Phi) is 6.32. The molecule has 0 amide bonds. The largest absolute Gasteiger partial charge is 0.0654 e. The second-order valence-electron chi connectivity index (χ2n) is 5.33. The van der Waals surface area contributed by atoms with E-state index in [4.69, 9.17) is 0 Å². The summed E-state index contributed by atoms with van der Waals surface area (Å²) in [7, 11) is 0. The molecule has 0 atom stereocenters. The van der Waals surface area contributed by atoms with E-state index >= 15 is 0 Å². The van der Waals surface area contributed by atoms with Crippen LogP contribution in [-0.4, -0.2) is 0 Å². The molecule has 0 spiro atoms. The molecule has 0 N–H and O–H groups in total. The van der Waals surface area contributed by atoms with Gasteiger partial charge in [0.1, 0.15) is 0 Å². The summed E-state index contributed by atoms with van der Waals surface area (Å²) in [5.41, 5.74) is 4.42. The fourth-order valence-corrected chi connectivity index (χ4v) is 2.40. The predicted octanol–water partition coefficient (Wildman–Crippen LogP) is 5.77. The first kappa shape index (κ1) is 14.3. The third-order valence-corrected chi connectivity index (χ3v) is 3.81. The minimum absolute atomic E-state index is 0.786. The van der Waals surface area contributed by atoms with E-state index in [1.807, 2.05) is 0 Å². The summed E-state index contributed by atoms with van der Waals surface area (Å²) < 4.78 is 0. The number of benzene rings is 1. The molecular formula is C17H28. The van der Waals surface area contributed by atoms with Gasteiger partial charge in [-0.2, -0.15) is 0 Å². The van der Waals surface area contributed by atoms with E-state index in [-0.39, 0.29) is 0 Å². The third kappa shape index (κ3) is 4.53. The van der Waals surface area contributed by atoms with Gasteiger partial charge in [0.15, 0.2) is 0 Å². The van der Waals surface area contributed by atoms with Crippen LogP contribution in [0.5, 0.6) is 0 Å². The molecule has 0 radical (unpaired) electrons. The van der Waals surface area contributed by atoms with Gasteiger partial charge < -0.3 is 0 Å². The maximum Gasteiger partial charge on any atom is -0.0162 e. The number of hydrogen-bond donors (Lipinski definition) is 0. The van der Waals surface area contributed by atoms with E-state index < -0.39 is 0 Å². The van der Waals surface area contributed by atoms with Gasteiger partial charge in [-0.3, -0.25) is 0 Å². The Hall–Kier alpha value is -0.780. The molecular weight excluding hydrogens is 204 g/mol. The summed E-state index contributed by atoms with van der Waals surface area (Å²) in [5, 5.41) is 0. The SMILES string of the molecule is CCCCC(CCCC)c1ccc(C)c(C)c1. The first-order valence-corrected chi connectivity index (χ1v) is 7.26. The Balaban J connectivity index is 2.75. The van der Waals surface area contributed by atoms with Crippen molar-refractivity contribution in [2.24, 2.45) is 0 Å². The second kappa shape index (κ2) is 7.53. The highest BCUT2D eigenvalue weighted by Crippen LogP contribution is 2.28. The van der Waals surface area contributed by atoms with Gasteiger partial charge in [-0.25, -0.2) is 0 Å². The Bertz CT molecular complexity index is 317. The smallest absolute Gasteiger partial charge is 0.0162 e. The molecule has 0 bridgehead atoms. The summed E-state index contributed by atoms with van der Waals surface area (Å²) in [4.78, 5) is 0. The Morgan fingerprint density at radius 2 is 1.47 bits per heavy atom. The zero-order valence-corrected chi connectivity index (χ0v) is 12.1. The van der Waals surface area contributed by atoms with E-state index in [2.05, 4.69) is 45.9 Å². The molecule has 17 heavy (non-hydrogen) atoms. The lowest BCUT2D eigenvalue weighted by molar-refractivity contribution is 0.524. The van der Waals surface area contributed by atoms with Crippen molar-refractivity contribution >= 4 is 0 Å². The van der Waals surface area contributed by atoms with Crippen molar-refractivity contribution in [2.45, 2.75) is 72.1 Å². The average molecular weight is 232 g/mol. The maximum absolute atomic E-state index is 2.41. The molecule has 0 heteroatoms. The van der Waals surface area contributed by atoms with Crippen LogP contribution < -0.4 is 0 Å². The van der Waals surface area contributed by atoms with Crippen molar-refractivity contribution in [3.05, 3.63) is 34.9 Å². The monoisotopic (exact) mass is 232 g/mol. The molecule has 0 nitrogen and oxygen atoms in total. The maximum atomic E-state index is 2.41. The normalized spacial score (nSPS) is 11.1. The molecule has 1 rings (SSSR count). The van der Waals surface area contributed by atoms with Crippen molar-refractivity contribution < 1.29 is 0 Å². The van der Waals surface area contributed by atoms with Crippen molar-refractivity contribution in [2.75, 3.05) is 0 Å². The van der Waals surface area contributed by atoms with Gasteiger partial charge in [-0.05, 0) is 49.3 Å². The van der Waals surface area contributed by atoms with E-state index in [1.165, 1.54) is 49.7 Å².